The highest BCUT2D eigenvalue weighted by Crippen LogP contribution is 2.25. The van der Waals surface area contributed by atoms with E-state index in [1.807, 2.05) is 0 Å². The summed E-state index contributed by atoms with van der Waals surface area (Å²) in [4.78, 5) is 11.3. The third-order valence-electron chi connectivity index (χ3n) is 4.24. The van der Waals surface area contributed by atoms with Crippen LogP contribution in [-0.2, 0) is 9.53 Å². The van der Waals surface area contributed by atoms with Gasteiger partial charge in [-0.15, -0.1) is 0 Å². The molecule has 1 heterocycles. The second kappa shape index (κ2) is 10.2. The molecule has 5 atom stereocenters. The topological polar surface area (TPSA) is 99.0 Å². The van der Waals surface area contributed by atoms with Crippen molar-refractivity contribution in [2.45, 2.75) is 89.3 Å². The number of amides is 1. The van der Waals surface area contributed by atoms with E-state index in [-0.39, 0.29) is 18.6 Å². The first-order valence-corrected chi connectivity index (χ1v) is 8.40. The zero-order valence-electron chi connectivity index (χ0n) is 13.7. The van der Waals surface area contributed by atoms with Gasteiger partial charge in [-0.25, -0.2) is 0 Å². The fourth-order valence-corrected chi connectivity index (χ4v) is 2.98. The molecule has 4 N–H and O–H groups in total. The summed E-state index contributed by atoms with van der Waals surface area (Å²) < 4.78 is 5.68. The van der Waals surface area contributed by atoms with Gasteiger partial charge in [-0.1, -0.05) is 45.4 Å². The molecule has 0 aromatic rings. The minimum absolute atomic E-state index is 0.268. The van der Waals surface area contributed by atoms with E-state index in [9.17, 15) is 20.1 Å². The van der Waals surface area contributed by atoms with Crippen LogP contribution in [0, 0.1) is 0 Å². The molecule has 1 amide bonds. The summed E-state index contributed by atoms with van der Waals surface area (Å²) in [5, 5.41) is 32.0. The van der Waals surface area contributed by atoms with Gasteiger partial charge in [0, 0.05) is 6.92 Å². The maximum Gasteiger partial charge on any atom is 0.217 e. The highest BCUT2D eigenvalue weighted by molar-refractivity contribution is 5.73. The first-order chi connectivity index (χ1) is 10.5. The average Bonchev–Trinajstić information content (AvgIpc) is 2.49. The zero-order chi connectivity index (χ0) is 16.5. The van der Waals surface area contributed by atoms with Gasteiger partial charge in [-0.05, 0) is 6.42 Å². The fraction of sp³-hybridized carbons (Fsp3) is 0.938. The van der Waals surface area contributed by atoms with Crippen molar-refractivity contribution in [1.82, 2.24) is 5.32 Å². The van der Waals surface area contributed by atoms with Gasteiger partial charge >= 0.3 is 0 Å². The molecule has 0 spiro atoms. The van der Waals surface area contributed by atoms with Crippen molar-refractivity contribution in [2.75, 3.05) is 6.61 Å². The van der Waals surface area contributed by atoms with Gasteiger partial charge in [0.2, 0.25) is 5.91 Å². The minimum atomic E-state index is -1.19. The summed E-state index contributed by atoms with van der Waals surface area (Å²) in [5.41, 5.74) is 0. The van der Waals surface area contributed by atoms with Crippen molar-refractivity contribution >= 4 is 5.91 Å². The molecule has 6 heteroatoms. The molecule has 1 aliphatic heterocycles. The predicted octanol–water partition coefficient (Wildman–Crippen LogP) is 0.723. The summed E-state index contributed by atoms with van der Waals surface area (Å²) in [5.74, 6) is -0.268. The number of nitrogens with one attached hydrogen (secondary N) is 1. The summed E-state index contributed by atoms with van der Waals surface area (Å²) in [6.45, 7) is 3.20. The van der Waals surface area contributed by atoms with Crippen LogP contribution in [0.2, 0.25) is 0 Å². The quantitative estimate of drug-likeness (QED) is 0.470. The summed E-state index contributed by atoms with van der Waals surface area (Å²) in [6, 6.07) is -0.633. The first kappa shape index (κ1) is 19.4. The van der Waals surface area contributed by atoms with Crippen LogP contribution in [0.1, 0.15) is 58.8 Å². The van der Waals surface area contributed by atoms with Gasteiger partial charge in [0.25, 0.3) is 0 Å². The second-order valence-corrected chi connectivity index (χ2v) is 6.16. The molecule has 6 nitrogen and oxygen atoms in total. The number of carbonyl (C=O) groups excluding carboxylic acids is 1. The van der Waals surface area contributed by atoms with E-state index in [1.165, 1.54) is 32.6 Å². The van der Waals surface area contributed by atoms with Crippen LogP contribution in [0.4, 0.5) is 0 Å². The highest BCUT2D eigenvalue weighted by atomic mass is 16.5. The molecule has 1 aliphatic rings. The Hall–Kier alpha value is -0.690. The smallest absolute Gasteiger partial charge is 0.217 e. The highest BCUT2D eigenvalue weighted by Gasteiger charge is 2.44. The van der Waals surface area contributed by atoms with Gasteiger partial charge in [-0.3, -0.25) is 4.79 Å². The number of aliphatic hydroxyl groups excluding tert-OH is 3. The van der Waals surface area contributed by atoms with Gasteiger partial charge in [0.05, 0.1) is 18.8 Å². The van der Waals surface area contributed by atoms with Gasteiger partial charge in [0.15, 0.2) is 0 Å². The molecule has 0 aliphatic carbocycles. The van der Waals surface area contributed by atoms with E-state index in [2.05, 4.69) is 12.2 Å². The lowest BCUT2D eigenvalue weighted by Crippen LogP contribution is -2.63. The average molecular weight is 317 g/mol. The summed E-state index contributed by atoms with van der Waals surface area (Å²) >= 11 is 0. The Kier molecular flexibility index (Phi) is 8.93. The Morgan fingerprint density at radius 2 is 1.68 bits per heavy atom. The molecule has 0 radical (unpaired) electrons. The number of aliphatic hydroxyl groups is 3. The summed E-state index contributed by atoms with van der Waals surface area (Å²) in [6.07, 6.45) is 4.04. The molecular formula is C16H31NO5. The monoisotopic (exact) mass is 317 g/mol. The molecule has 22 heavy (non-hydrogen) atoms. The number of carbonyl (C=O) groups is 1. The standard InChI is InChI=1S/C16H31NO5/c1-3-4-5-6-7-8-9-12-14(17-11(2)19)16(21)15(20)13(10-18)22-12/h12-16,18,20-21H,3-10H2,1-2H3,(H,17,19)/t12-,13+,14+,15-,16+/m0/s1. The predicted molar refractivity (Wildman–Crippen MR) is 83.4 cm³/mol. The Labute approximate surface area is 132 Å². The Balaban J connectivity index is 2.52. The van der Waals surface area contributed by atoms with Gasteiger partial charge < -0.3 is 25.4 Å². The van der Waals surface area contributed by atoms with E-state index in [0.717, 1.165) is 12.8 Å². The lowest BCUT2D eigenvalue weighted by Gasteiger charge is -2.42. The Bertz CT molecular complexity index is 326. The van der Waals surface area contributed by atoms with Crippen LogP contribution < -0.4 is 5.32 Å². The molecule has 1 saturated heterocycles. The molecule has 0 aromatic heterocycles. The van der Waals surface area contributed by atoms with Crippen LogP contribution >= 0.6 is 0 Å². The van der Waals surface area contributed by atoms with Gasteiger partial charge in [0.1, 0.15) is 18.3 Å². The van der Waals surface area contributed by atoms with Crippen LogP contribution in [0.3, 0.4) is 0 Å². The lowest BCUT2D eigenvalue weighted by molar-refractivity contribution is -0.196. The third-order valence-corrected chi connectivity index (χ3v) is 4.24. The second-order valence-electron chi connectivity index (χ2n) is 6.16. The van der Waals surface area contributed by atoms with Crippen LogP contribution in [-0.4, -0.2) is 58.3 Å². The van der Waals surface area contributed by atoms with Crippen molar-refractivity contribution in [3.63, 3.8) is 0 Å². The molecule has 0 aromatic carbocycles. The largest absolute Gasteiger partial charge is 0.394 e. The Morgan fingerprint density at radius 1 is 1.05 bits per heavy atom. The normalized spacial score (nSPS) is 32.0. The first-order valence-electron chi connectivity index (χ1n) is 8.40. The van der Waals surface area contributed by atoms with E-state index in [0.29, 0.717) is 6.42 Å². The van der Waals surface area contributed by atoms with Crippen molar-refractivity contribution in [1.29, 1.82) is 0 Å². The molecule has 0 bridgehead atoms. The number of rotatable bonds is 9. The van der Waals surface area contributed by atoms with Crippen LogP contribution in [0.5, 0.6) is 0 Å². The molecule has 0 saturated carbocycles. The number of unbranched alkanes of at least 4 members (excludes halogenated alkanes) is 5. The number of ether oxygens (including phenoxy) is 1. The lowest BCUT2D eigenvalue weighted by atomic mass is 9.90. The van der Waals surface area contributed by atoms with Crippen molar-refractivity contribution in [3.05, 3.63) is 0 Å². The molecule has 130 valence electrons. The van der Waals surface area contributed by atoms with E-state index >= 15 is 0 Å². The summed E-state index contributed by atoms with van der Waals surface area (Å²) in [7, 11) is 0. The van der Waals surface area contributed by atoms with Crippen molar-refractivity contribution in [2.24, 2.45) is 0 Å². The molecular weight excluding hydrogens is 286 g/mol. The van der Waals surface area contributed by atoms with E-state index in [4.69, 9.17) is 4.74 Å². The number of hydrogen-bond donors (Lipinski definition) is 4. The minimum Gasteiger partial charge on any atom is -0.394 e. The Morgan fingerprint density at radius 3 is 2.27 bits per heavy atom. The van der Waals surface area contributed by atoms with E-state index < -0.39 is 24.4 Å². The molecule has 0 unspecified atom stereocenters. The molecule has 1 rings (SSSR count). The van der Waals surface area contributed by atoms with Crippen molar-refractivity contribution in [3.8, 4) is 0 Å². The van der Waals surface area contributed by atoms with Crippen LogP contribution in [0.25, 0.3) is 0 Å². The SMILES string of the molecule is CCCCCCCC[C@@H]1O[C@H](CO)[C@H](O)[C@H](O)[C@@H]1NC(C)=O. The van der Waals surface area contributed by atoms with Gasteiger partial charge in [-0.2, -0.15) is 0 Å². The maximum atomic E-state index is 11.3. The molecule has 1 fully saturated rings. The number of hydrogen-bond acceptors (Lipinski definition) is 5. The van der Waals surface area contributed by atoms with E-state index in [1.54, 1.807) is 0 Å². The fourth-order valence-electron chi connectivity index (χ4n) is 2.98. The van der Waals surface area contributed by atoms with Crippen molar-refractivity contribution < 1.29 is 24.9 Å². The zero-order valence-corrected chi connectivity index (χ0v) is 13.7. The third kappa shape index (κ3) is 5.83. The maximum absolute atomic E-state index is 11.3. The van der Waals surface area contributed by atoms with Crippen LogP contribution in [0.15, 0.2) is 0 Å².